The third kappa shape index (κ3) is 2.46. The van der Waals surface area contributed by atoms with Gasteiger partial charge >= 0.3 is 6.85 Å². The number of thiophene rings is 1. The molecular formula is C38H19BN2OS2. The van der Waals surface area contributed by atoms with E-state index >= 15 is 0 Å². The van der Waals surface area contributed by atoms with Gasteiger partial charge in [0.25, 0.3) is 0 Å². The van der Waals surface area contributed by atoms with Crippen molar-refractivity contribution >= 4 is 111 Å². The third-order valence-electron chi connectivity index (χ3n) is 9.94. The lowest BCUT2D eigenvalue weighted by Gasteiger charge is -2.43. The summed E-state index contributed by atoms with van der Waals surface area (Å²) in [5, 5.41) is 6.39. The van der Waals surface area contributed by atoms with Crippen LogP contribution in [0, 0.1) is 0 Å². The fraction of sp³-hybridized carbons (Fsp3) is 0. The molecule has 0 saturated carbocycles. The first-order valence-electron chi connectivity index (χ1n) is 15.0. The van der Waals surface area contributed by atoms with E-state index in [-0.39, 0.29) is 6.85 Å². The van der Waals surface area contributed by atoms with Crippen molar-refractivity contribution in [2.45, 2.75) is 9.79 Å². The summed E-state index contributed by atoms with van der Waals surface area (Å²) in [5.41, 5.74) is 12.2. The van der Waals surface area contributed by atoms with Crippen molar-refractivity contribution in [3.63, 3.8) is 0 Å². The molecule has 6 heteroatoms. The highest BCUT2D eigenvalue weighted by Gasteiger charge is 2.46. The minimum absolute atomic E-state index is 0.0256. The van der Waals surface area contributed by atoms with Crippen LogP contribution in [-0.2, 0) is 0 Å². The molecule has 0 radical (unpaired) electrons. The molecule has 0 fully saturated rings. The van der Waals surface area contributed by atoms with Gasteiger partial charge in [-0.2, -0.15) is 0 Å². The molecule has 44 heavy (non-hydrogen) atoms. The zero-order chi connectivity index (χ0) is 28.3. The van der Waals surface area contributed by atoms with Gasteiger partial charge < -0.3 is 13.8 Å². The van der Waals surface area contributed by atoms with E-state index in [0.29, 0.717) is 0 Å². The number of furan rings is 1. The van der Waals surface area contributed by atoms with Crippen molar-refractivity contribution < 1.29 is 4.42 Å². The van der Waals surface area contributed by atoms with Crippen LogP contribution in [0.3, 0.4) is 0 Å². The molecule has 0 unspecified atom stereocenters. The van der Waals surface area contributed by atoms with E-state index in [1.807, 2.05) is 23.1 Å². The van der Waals surface area contributed by atoms with Gasteiger partial charge in [0.15, 0.2) is 5.58 Å². The monoisotopic (exact) mass is 594 g/mol. The van der Waals surface area contributed by atoms with Gasteiger partial charge in [-0.25, -0.2) is 0 Å². The highest BCUT2D eigenvalue weighted by molar-refractivity contribution is 7.99. The first kappa shape index (κ1) is 22.6. The van der Waals surface area contributed by atoms with Crippen molar-refractivity contribution in [3.8, 4) is 11.1 Å². The predicted octanol–water partition coefficient (Wildman–Crippen LogP) is 9.79. The second kappa shape index (κ2) is 7.59. The Morgan fingerprint density at radius 3 is 2.41 bits per heavy atom. The van der Waals surface area contributed by atoms with Crippen molar-refractivity contribution in [2.75, 3.05) is 4.90 Å². The maximum Gasteiger partial charge on any atom is 0.333 e. The van der Waals surface area contributed by atoms with Crippen LogP contribution in [-0.4, -0.2) is 11.3 Å². The molecule has 6 heterocycles. The van der Waals surface area contributed by atoms with Gasteiger partial charge in [-0.1, -0.05) is 90.6 Å². The van der Waals surface area contributed by atoms with E-state index in [1.165, 1.54) is 85.5 Å². The van der Waals surface area contributed by atoms with E-state index in [4.69, 9.17) is 4.42 Å². The highest BCUT2D eigenvalue weighted by atomic mass is 32.2. The van der Waals surface area contributed by atoms with Gasteiger partial charge in [-0.15, -0.1) is 11.3 Å². The number of hydrogen-bond acceptors (Lipinski definition) is 4. The number of anilines is 3. The van der Waals surface area contributed by atoms with E-state index in [2.05, 4.69) is 125 Å². The zero-order valence-corrected chi connectivity index (χ0v) is 24.8. The van der Waals surface area contributed by atoms with Crippen LogP contribution in [0.4, 0.5) is 17.1 Å². The lowest BCUT2D eigenvalue weighted by Crippen LogP contribution is -2.57. The summed E-state index contributed by atoms with van der Waals surface area (Å²) in [6.45, 7) is 0.0256. The van der Waals surface area contributed by atoms with Crippen molar-refractivity contribution in [2.24, 2.45) is 0 Å². The minimum Gasteiger partial charge on any atom is -0.454 e. The third-order valence-corrected chi connectivity index (χ3v) is 12.2. The molecule has 0 amide bonds. The Labute approximate surface area is 260 Å². The Morgan fingerprint density at radius 1 is 0.636 bits per heavy atom. The average molecular weight is 595 g/mol. The molecule has 3 aliphatic heterocycles. The number of para-hydroxylation sites is 4. The Kier molecular flexibility index (Phi) is 3.90. The van der Waals surface area contributed by atoms with Gasteiger partial charge in [0.1, 0.15) is 5.58 Å². The van der Waals surface area contributed by atoms with Crippen LogP contribution in [0.5, 0.6) is 0 Å². The molecule has 3 nitrogen and oxygen atoms in total. The predicted molar refractivity (Wildman–Crippen MR) is 187 cm³/mol. The normalized spacial score (nSPS) is 14.2. The van der Waals surface area contributed by atoms with Gasteiger partial charge in [-0.05, 0) is 52.9 Å². The Bertz CT molecular complexity index is 2790. The quantitative estimate of drug-likeness (QED) is 0.163. The van der Waals surface area contributed by atoms with Gasteiger partial charge in [0.05, 0.1) is 21.9 Å². The van der Waals surface area contributed by atoms with E-state index < -0.39 is 0 Å². The Hall–Kier alpha value is -4.91. The highest BCUT2D eigenvalue weighted by Crippen LogP contribution is 2.56. The first-order valence-corrected chi connectivity index (χ1v) is 16.6. The summed E-state index contributed by atoms with van der Waals surface area (Å²) in [4.78, 5) is 6.42. The van der Waals surface area contributed by atoms with E-state index in [9.17, 15) is 0 Å². The summed E-state index contributed by atoms with van der Waals surface area (Å²) >= 11 is 3.80. The second-order valence-corrected chi connectivity index (χ2v) is 14.1. The van der Waals surface area contributed by atoms with E-state index in [1.54, 1.807) is 0 Å². The number of hydrogen-bond donors (Lipinski definition) is 0. The molecule has 6 aromatic carbocycles. The van der Waals surface area contributed by atoms with Crippen molar-refractivity contribution in [1.29, 1.82) is 0 Å². The molecular weight excluding hydrogens is 575 g/mol. The molecule has 0 atom stereocenters. The van der Waals surface area contributed by atoms with Gasteiger partial charge in [0.2, 0.25) is 0 Å². The molecule has 0 bridgehead atoms. The standard InChI is InChI=1S/C38H19BN2OS2/c1-4-15-28-20(9-1)25-19-24-21-11-7-12-23-32-22-10-2-5-16-29(22)44-38(32)41(34(21)23)39-26-13-8-18-31-35(26)40(36(33(24)39)37(25)42-28)27-14-3-6-17-30(27)43-31/h1-19H. The van der Waals surface area contributed by atoms with Crippen LogP contribution < -0.4 is 15.8 Å². The molecule has 3 aliphatic rings. The van der Waals surface area contributed by atoms with Crippen LogP contribution in [0.25, 0.3) is 64.3 Å². The average Bonchev–Trinajstić information content (AvgIpc) is 3.73. The van der Waals surface area contributed by atoms with Crippen LogP contribution in [0.15, 0.2) is 129 Å². The van der Waals surface area contributed by atoms with Crippen LogP contribution in [0.2, 0.25) is 0 Å². The summed E-state index contributed by atoms with van der Waals surface area (Å²) < 4.78 is 10.9. The molecule has 0 N–H and O–H groups in total. The second-order valence-electron chi connectivity index (χ2n) is 12.0. The number of benzene rings is 6. The molecule has 0 saturated heterocycles. The number of rotatable bonds is 0. The molecule has 202 valence electrons. The fourth-order valence-corrected chi connectivity index (χ4v) is 10.7. The molecule has 0 aliphatic carbocycles. The molecule has 9 aromatic rings. The Balaban J connectivity index is 1.36. The fourth-order valence-electron chi connectivity index (χ4n) is 8.32. The Morgan fingerprint density at radius 2 is 1.43 bits per heavy atom. The maximum atomic E-state index is 6.87. The summed E-state index contributed by atoms with van der Waals surface area (Å²) in [5.74, 6) is 0. The van der Waals surface area contributed by atoms with E-state index in [0.717, 1.165) is 16.6 Å². The SMILES string of the molecule is c1ccc2c(c1)Sc1cccc3c1N2c1c2c(cc4c1oc1ccccc14)-c1cccc4c5c6ccccc6sc5n(c14)B32. The number of nitrogens with zero attached hydrogens (tertiary/aromatic N) is 2. The summed E-state index contributed by atoms with van der Waals surface area (Å²) in [7, 11) is 0. The smallest absolute Gasteiger partial charge is 0.333 e. The summed E-state index contributed by atoms with van der Waals surface area (Å²) in [6.07, 6.45) is 0. The first-order chi connectivity index (χ1) is 21.8. The van der Waals surface area contributed by atoms with Crippen molar-refractivity contribution in [1.82, 2.24) is 4.48 Å². The van der Waals surface area contributed by atoms with Crippen LogP contribution >= 0.6 is 23.1 Å². The number of aromatic nitrogens is 1. The van der Waals surface area contributed by atoms with Gasteiger partial charge in [0, 0.05) is 52.5 Å². The molecule has 0 spiro atoms. The topological polar surface area (TPSA) is 21.3 Å². The zero-order valence-electron chi connectivity index (χ0n) is 23.2. The molecule has 3 aromatic heterocycles. The molecule has 12 rings (SSSR count). The van der Waals surface area contributed by atoms with Gasteiger partial charge in [-0.3, -0.25) is 0 Å². The van der Waals surface area contributed by atoms with Crippen LogP contribution in [0.1, 0.15) is 0 Å². The van der Waals surface area contributed by atoms with Crippen molar-refractivity contribution in [3.05, 3.63) is 115 Å². The largest absolute Gasteiger partial charge is 0.454 e. The minimum atomic E-state index is 0.0256. The summed E-state index contributed by atoms with van der Waals surface area (Å²) in [6, 6.07) is 42.5. The maximum absolute atomic E-state index is 6.87. The lowest BCUT2D eigenvalue weighted by molar-refractivity contribution is 0.669. The lowest BCUT2D eigenvalue weighted by atomic mass is 9.45. The number of fused-ring (bicyclic) bond motifs is 15.